The molecule has 1 heterocycles. The first-order chi connectivity index (χ1) is 9.04. The van der Waals surface area contributed by atoms with Gasteiger partial charge >= 0.3 is 6.03 Å². The summed E-state index contributed by atoms with van der Waals surface area (Å²) >= 11 is 0. The van der Waals surface area contributed by atoms with Crippen LogP contribution in [0.5, 0.6) is 0 Å². The third-order valence-corrected chi connectivity index (χ3v) is 3.82. The van der Waals surface area contributed by atoms with Crippen LogP contribution in [0.4, 0.5) is 10.5 Å². The molecule has 0 aromatic heterocycles. The van der Waals surface area contributed by atoms with Crippen LogP contribution in [-0.4, -0.2) is 32.2 Å². The highest BCUT2D eigenvalue weighted by atomic mass is 16.2. The van der Waals surface area contributed by atoms with Gasteiger partial charge in [-0.1, -0.05) is 12.1 Å². The fourth-order valence-corrected chi connectivity index (χ4v) is 2.47. The third kappa shape index (κ3) is 3.96. The molecular formula is C15H24N3O+. The van der Waals surface area contributed by atoms with Crippen LogP contribution in [0.15, 0.2) is 18.2 Å². The van der Waals surface area contributed by atoms with E-state index in [1.165, 1.54) is 0 Å². The first kappa shape index (κ1) is 13.9. The zero-order valence-electron chi connectivity index (χ0n) is 12.0. The molecule has 4 nitrogen and oxygen atoms in total. The van der Waals surface area contributed by atoms with Gasteiger partial charge in [0.1, 0.15) is 0 Å². The number of carbonyl (C=O) groups is 1. The highest BCUT2D eigenvalue weighted by Crippen LogP contribution is 2.16. The highest BCUT2D eigenvalue weighted by molar-refractivity contribution is 5.90. The number of likely N-dealkylation sites (tertiary alicyclic amines) is 1. The fraction of sp³-hybridized carbons (Fsp3) is 0.533. The normalized spacial score (nSPS) is 22.9. The van der Waals surface area contributed by atoms with Crippen molar-refractivity contribution in [2.45, 2.75) is 32.7 Å². The van der Waals surface area contributed by atoms with E-state index in [9.17, 15) is 4.79 Å². The minimum atomic E-state index is -0.0850. The second-order valence-electron chi connectivity index (χ2n) is 5.65. The largest absolute Gasteiger partial charge is 0.337 e. The number of rotatable bonds is 2. The van der Waals surface area contributed by atoms with Crippen LogP contribution in [0.25, 0.3) is 0 Å². The maximum atomic E-state index is 12.0. The van der Waals surface area contributed by atoms with Crippen LogP contribution in [0.3, 0.4) is 0 Å². The topological polar surface area (TPSA) is 45.6 Å². The van der Waals surface area contributed by atoms with E-state index in [0.29, 0.717) is 6.04 Å². The van der Waals surface area contributed by atoms with Gasteiger partial charge in [-0.2, -0.15) is 0 Å². The first-order valence-electron chi connectivity index (χ1n) is 7.00. The standard InChI is InChI=1S/C15H23N3O/c1-11-4-5-12(2)14(10-11)17-15(19)16-13-6-8-18(3)9-7-13/h4-5,10,13H,6-9H2,1-3H3,(H2,16,17,19)/p+1. The number of nitrogens with one attached hydrogen (secondary N) is 3. The Balaban J connectivity index is 1.89. The minimum absolute atomic E-state index is 0.0850. The van der Waals surface area contributed by atoms with Gasteiger partial charge < -0.3 is 15.5 Å². The van der Waals surface area contributed by atoms with Crippen LogP contribution in [-0.2, 0) is 0 Å². The maximum Gasteiger partial charge on any atom is 0.319 e. The number of hydrogen-bond donors (Lipinski definition) is 3. The Hall–Kier alpha value is -1.55. The maximum absolute atomic E-state index is 12.0. The average molecular weight is 262 g/mol. The van der Waals surface area contributed by atoms with Crippen LogP contribution >= 0.6 is 0 Å². The Bertz CT molecular complexity index is 451. The predicted octanol–water partition coefficient (Wildman–Crippen LogP) is 1.10. The first-order valence-corrected chi connectivity index (χ1v) is 7.00. The molecule has 1 saturated heterocycles. The van der Waals surface area contributed by atoms with Gasteiger partial charge in [-0.05, 0) is 31.0 Å². The lowest BCUT2D eigenvalue weighted by Gasteiger charge is -2.27. The summed E-state index contributed by atoms with van der Waals surface area (Å²) in [6, 6.07) is 6.32. The van der Waals surface area contributed by atoms with Crippen LogP contribution in [0.1, 0.15) is 24.0 Å². The molecule has 0 spiro atoms. The van der Waals surface area contributed by atoms with E-state index in [0.717, 1.165) is 42.7 Å². The summed E-state index contributed by atoms with van der Waals surface area (Å²) in [6.07, 6.45) is 2.12. The molecule has 2 rings (SSSR count). The summed E-state index contributed by atoms with van der Waals surface area (Å²) in [6.45, 7) is 6.30. The number of hydrogen-bond acceptors (Lipinski definition) is 1. The number of anilines is 1. The molecule has 19 heavy (non-hydrogen) atoms. The predicted molar refractivity (Wildman–Crippen MR) is 77.7 cm³/mol. The molecule has 0 aliphatic carbocycles. The summed E-state index contributed by atoms with van der Waals surface area (Å²) in [5.41, 5.74) is 3.15. The summed E-state index contributed by atoms with van der Waals surface area (Å²) < 4.78 is 0. The van der Waals surface area contributed by atoms with Crippen molar-refractivity contribution in [3.05, 3.63) is 29.3 Å². The van der Waals surface area contributed by atoms with Gasteiger partial charge in [-0.3, -0.25) is 0 Å². The van der Waals surface area contributed by atoms with Crippen molar-refractivity contribution < 1.29 is 9.69 Å². The van der Waals surface area contributed by atoms with Gasteiger partial charge in [0, 0.05) is 24.6 Å². The number of urea groups is 1. The zero-order valence-corrected chi connectivity index (χ0v) is 12.0. The van der Waals surface area contributed by atoms with Gasteiger partial charge in [0.2, 0.25) is 0 Å². The SMILES string of the molecule is Cc1ccc(C)c(NC(=O)NC2CC[NH+](C)CC2)c1. The van der Waals surface area contributed by atoms with Gasteiger partial charge in [-0.15, -0.1) is 0 Å². The van der Waals surface area contributed by atoms with E-state index in [-0.39, 0.29) is 6.03 Å². The van der Waals surface area contributed by atoms with E-state index >= 15 is 0 Å². The molecule has 0 saturated carbocycles. The van der Waals surface area contributed by atoms with E-state index in [1.807, 2.05) is 26.0 Å². The molecule has 0 radical (unpaired) electrons. The number of benzene rings is 1. The highest BCUT2D eigenvalue weighted by Gasteiger charge is 2.20. The molecular weight excluding hydrogens is 238 g/mol. The fourth-order valence-electron chi connectivity index (χ4n) is 2.47. The van der Waals surface area contributed by atoms with E-state index in [2.05, 4.69) is 23.7 Å². The molecule has 1 aliphatic rings. The van der Waals surface area contributed by atoms with Crippen molar-refractivity contribution in [3.63, 3.8) is 0 Å². The monoisotopic (exact) mass is 262 g/mol. The summed E-state index contributed by atoms with van der Waals surface area (Å²) in [5, 5.41) is 6.02. The van der Waals surface area contributed by atoms with Crippen LogP contribution in [0, 0.1) is 13.8 Å². The molecule has 1 fully saturated rings. The molecule has 0 unspecified atom stereocenters. The second kappa shape index (κ2) is 6.06. The van der Waals surface area contributed by atoms with Crippen LogP contribution in [0.2, 0.25) is 0 Å². The number of carbonyl (C=O) groups excluding carboxylic acids is 1. The average Bonchev–Trinajstić information content (AvgIpc) is 2.37. The Morgan fingerprint density at radius 1 is 1.26 bits per heavy atom. The number of aryl methyl sites for hydroxylation is 2. The molecule has 1 aromatic carbocycles. The molecule has 4 heteroatoms. The Morgan fingerprint density at radius 2 is 1.95 bits per heavy atom. The quantitative estimate of drug-likeness (QED) is 0.734. The van der Waals surface area contributed by atoms with Crippen molar-refractivity contribution >= 4 is 11.7 Å². The third-order valence-electron chi connectivity index (χ3n) is 3.82. The Kier molecular flexibility index (Phi) is 4.43. The zero-order chi connectivity index (χ0) is 13.8. The van der Waals surface area contributed by atoms with Gasteiger partial charge in [-0.25, -0.2) is 4.79 Å². The number of amides is 2. The molecule has 3 N–H and O–H groups in total. The summed E-state index contributed by atoms with van der Waals surface area (Å²) in [7, 11) is 2.20. The lowest BCUT2D eigenvalue weighted by molar-refractivity contribution is -0.884. The number of quaternary nitrogens is 1. The summed E-state index contributed by atoms with van der Waals surface area (Å²) in [5.74, 6) is 0. The smallest absolute Gasteiger partial charge is 0.319 e. The number of piperidine rings is 1. The molecule has 2 amide bonds. The van der Waals surface area contributed by atoms with E-state index < -0.39 is 0 Å². The van der Waals surface area contributed by atoms with Crippen molar-refractivity contribution in [2.24, 2.45) is 0 Å². The second-order valence-corrected chi connectivity index (χ2v) is 5.65. The van der Waals surface area contributed by atoms with Crippen LogP contribution < -0.4 is 15.5 Å². The lowest BCUT2D eigenvalue weighted by Crippen LogP contribution is -3.10. The lowest BCUT2D eigenvalue weighted by atomic mass is 10.1. The molecule has 1 aliphatic heterocycles. The van der Waals surface area contributed by atoms with E-state index in [1.54, 1.807) is 4.90 Å². The molecule has 1 aromatic rings. The minimum Gasteiger partial charge on any atom is -0.337 e. The van der Waals surface area contributed by atoms with Crippen molar-refractivity contribution in [3.8, 4) is 0 Å². The van der Waals surface area contributed by atoms with E-state index in [4.69, 9.17) is 0 Å². The van der Waals surface area contributed by atoms with Gasteiger partial charge in [0.15, 0.2) is 0 Å². The van der Waals surface area contributed by atoms with Crippen molar-refractivity contribution in [1.29, 1.82) is 0 Å². The molecule has 0 atom stereocenters. The van der Waals surface area contributed by atoms with Gasteiger partial charge in [0.25, 0.3) is 0 Å². The van der Waals surface area contributed by atoms with Gasteiger partial charge in [0.05, 0.1) is 20.1 Å². The molecule has 104 valence electrons. The Labute approximate surface area is 115 Å². The summed E-state index contributed by atoms with van der Waals surface area (Å²) in [4.78, 5) is 13.5. The van der Waals surface area contributed by atoms with Crippen molar-refractivity contribution in [1.82, 2.24) is 5.32 Å². The molecule has 0 bridgehead atoms. The van der Waals surface area contributed by atoms with Crippen molar-refractivity contribution in [2.75, 3.05) is 25.5 Å². The Morgan fingerprint density at radius 3 is 2.63 bits per heavy atom.